The number of halogens is 3. The molecule has 0 bridgehead atoms. The van der Waals surface area contributed by atoms with Crippen molar-refractivity contribution in [2.24, 2.45) is 5.92 Å². The number of carbonyl (C=O) groups excluding carboxylic acids is 1. The SMILES string of the molecule is CC(CCl)CNC(=O)c1ccc(Br)c(Cl)c1. The van der Waals surface area contributed by atoms with E-state index in [0.717, 1.165) is 4.47 Å². The quantitative estimate of drug-likeness (QED) is 0.840. The van der Waals surface area contributed by atoms with Crippen LogP contribution in [0.15, 0.2) is 22.7 Å². The van der Waals surface area contributed by atoms with E-state index in [1.54, 1.807) is 18.2 Å². The standard InChI is InChI=1S/C11H12BrCl2NO/c1-7(5-13)6-15-11(16)8-2-3-9(12)10(14)4-8/h2-4,7H,5-6H2,1H3,(H,15,16). The highest BCUT2D eigenvalue weighted by molar-refractivity contribution is 9.10. The summed E-state index contributed by atoms with van der Waals surface area (Å²) in [5, 5.41) is 3.32. The van der Waals surface area contributed by atoms with Gasteiger partial charge in [-0.15, -0.1) is 11.6 Å². The van der Waals surface area contributed by atoms with Crippen molar-refractivity contribution in [2.75, 3.05) is 12.4 Å². The lowest BCUT2D eigenvalue weighted by Crippen LogP contribution is -2.28. The van der Waals surface area contributed by atoms with Crippen molar-refractivity contribution < 1.29 is 4.79 Å². The van der Waals surface area contributed by atoms with Crippen LogP contribution in [0.3, 0.4) is 0 Å². The van der Waals surface area contributed by atoms with E-state index in [9.17, 15) is 4.79 Å². The van der Waals surface area contributed by atoms with Crippen LogP contribution < -0.4 is 5.32 Å². The molecule has 1 atom stereocenters. The van der Waals surface area contributed by atoms with Gasteiger partial charge in [0, 0.05) is 22.5 Å². The Morgan fingerprint density at radius 1 is 1.56 bits per heavy atom. The number of nitrogens with one attached hydrogen (secondary N) is 1. The molecule has 0 spiro atoms. The van der Waals surface area contributed by atoms with E-state index in [-0.39, 0.29) is 11.8 Å². The Labute approximate surface area is 113 Å². The minimum atomic E-state index is -0.133. The van der Waals surface area contributed by atoms with E-state index in [2.05, 4.69) is 21.2 Å². The van der Waals surface area contributed by atoms with Gasteiger partial charge < -0.3 is 5.32 Å². The summed E-state index contributed by atoms with van der Waals surface area (Å²) in [4.78, 5) is 11.7. The topological polar surface area (TPSA) is 29.1 Å². The molecule has 0 saturated heterocycles. The molecule has 5 heteroatoms. The summed E-state index contributed by atoms with van der Waals surface area (Å²) in [6.45, 7) is 2.54. The fraction of sp³-hybridized carbons (Fsp3) is 0.364. The van der Waals surface area contributed by atoms with Gasteiger partial charge in [0.1, 0.15) is 0 Å². The van der Waals surface area contributed by atoms with Gasteiger partial charge in [-0.1, -0.05) is 18.5 Å². The van der Waals surface area contributed by atoms with Crippen molar-refractivity contribution in [3.8, 4) is 0 Å². The molecule has 1 aromatic rings. The van der Waals surface area contributed by atoms with Crippen molar-refractivity contribution in [3.63, 3.8) is 0 Å². The van der Waals surface area contributed by atoms with Gasteiger partial charge in [-0.25, -0.2) is 0 Å². The normalized spacial score (nSPS) is 12.2. The highest BCUT2D eigenvalue weighted by Gasteiger charge is 2.08. The molecule has 2 nitrogen and oxygen atoms in total. The lowest BCUT2D eigenvalue weighted by molar-refractivity contribution is 0.0949. The number of hydrogen-bond acceptors (Lipinski definition) is 1. The molecule has 0 aliphatic carbocycles. The highest BCUT2D eigenvalue weighted by Crippen LogP contribution is 2.23. The van der Waals surface area contributed by atoms with E-state index in [0.29, 0.717) is 23.0 Å². The van der Waals surface area contributed by atoms with Crippen LogP contribution in [0.1, 0.15) is 17.3 Å². The molecule has 16 heavy (non-hydrogen) atoms. The van der Waals surface area contributed by atoms with Gasteiger partial charge in [-0.3, -0.25) is 4.79 Å². The molecule has 0 saturated carbocycles. The van der Waals surface area contributed by atoms with Gasteiger partial charge in [-0.2, -0.15) is 0 Å². The molecular formula is C11H12BrCl2NO. The Hall–Kier alpha value is -0.250. The Bertz CT molecular complexity index is 384. The first-order valence-corrected chi connectivity index (χ1v) is 6.54. The molecule has 0 fully saturated rings. The van der Waals surface area contributed by atoms with Crippen LogP contribution in [0.4, 0.5) is 0 Å². The number of hydrogen-bond donors (Lipinski definition) is 1. The predicted molar refractivity (Wildman–Crippen MR) is 71.4 cm³/mol. The summed E-state index contributed by atoms with van der Waals surface area (Å²) in [5.41, 5.74) is 0.551. The van der Waals surface area contributed by atoms with Crippen molar-refractivity contribution in [3.05, 3.63) is 33.3 Å². The summed E-state index contributed by atoms with van der Waals surface area (Å²) in [6, 6.07) is 5.10. The largest absolute Gasteiger partial charge is 0.352 e. The van der Waals surface area contributed by atoms with Crippen LogP contribution >= 0.6 is 39.1 Å². The van der Waals surface area contributed by atoms with Gasteiger partial charge in [0.2, 0.25) is 0 Å². The first kappa shape index (κ1) is 13.8. The molecule has 1 N–H and O–H groups in total. The predicted octanol–water partition coefficient (Wildman–Crippen LogP) is 3.71. The maximum Gasteiger partial charge on any atom is 0.251 e. The Balaban J connectivity index is 2.63. The maximum absolute atomic E-state index is 11.7. The minimum absolute atomic E-state index is 0.133. The van der Waals surface area contributed by atoms with E-state index >= 15 is 0 Å². The number of amides is 1. The zero-order valence-electron chi connectivity index (χ0n) is 8.77. The van der Waals surface area contributed by atoms with Gasteiger partial charge >= 0.3 is 0 Å². The van der Waals surface area contributed by atoms with Gasteiger partial charge in [-0.05, 0) is 40.0 Å². The zero-order chi connectivity index (χ0) is 12.1. The second kappa shape index (κ2) is 6.48. The Morgan fingerprint density at radius 2 is 2.25 bits per heavy atom. The Kier molecular flexibility index (Phi) is 5.59. The molecule has 0 heterocycles. The van der Waals surface area contributed by atoms with Gasteiger partial charge in [0.15, 0.2) is 0 Å². The van der Waals surface area contributed by atoms with E-state index < -0.39 is 0 Å². The van der Waals surface area contributed by atoms with E-state index in [1.165, 1.54) is 0 Å². The molecule has 1 rings (SSSR count). The molecular weight excluding hydrogens is 313 g/mol. The minimum Gasteiger partial charge on any atom is -0.352 e. The molecule has 0 aliphatic rings. The fourth-order valence-electron chi connectivity index (χ4n) is 1.06. The van der Waals surface area contributed by atoms with Crippen LogP contribution in [0.25, 0.3) is 0 Å². The monoisotopic (exact) mass is 323 g/mol. The molecule has 1 amide bonds. The summed E-state index contributed by atoms with van der Waals surface area (Å²) >= 11 is 14.8. The van der Waals surface area contributed by atoms with Crippen molar-refractivity contribution in [1.29, 1.82) is 0 Å². The molecule has 0 aromatic heterocycles. The number of alkyl halides is 1. The number of carbonyl (C=O) groups is 1. The highest BCUT2D eigenvalue weighted by atomic mass is 79.9. The van der Waals surface area contributed by atoms with Crippen molar-refractivity contribution in [1.82, 2.24) is 5.32 Å². The third-order valence-electron chi connectivity index (χ3n) is 2.06. The van der Waals surface area contributed by atoms with Crippen molar-refractivity contribution in [2.45, 2.75) is 6.92 Å². The lowest BCUT2D eigenvalue weighted by Gasteiger charge is -2.09. The maximum atomic E-state index is 11.7. The molecule has 1 unspecified atom stereocenters. The van der Waals surface area contributed by atoms with Crippen LogP contribution in [0.5, 0.6) is 0 Å². The molecule has 1 aromatic carbocycles. The second-order valence-electron chi connectivity index (χ2n) is 3.60. The molecule has 0 aliphatic heterocycles. The van der Waals surface area contributed by atoms with Crippen LogP contribution in [0, 0.1) is 5.92 Å². The third-order valence-corrected chi connectivity index (χ3v) is 3.82. The Morgan fingerprint density at radius 3 is 2.81 bits per heavy atom. The summed E-state index contributed by atoms with van der Waals surface area (Å²) in [6.07, 6.45) is 0. The van der Waals surface area contributed by atoms with Gasteiger partial charge in [0.25, 0.3) is 5.91 Å². The van der Waals surface area contributed by atoms with Crippen LogP contribution in [0.2, 0.25) is 5.02 Å². The van der Waals surface area contributed by atoms with Crippen molar-refractivity contribution >= 4 is 45.0 Å². The average molecular weight is 325 g/mol. The smallest absolute Gasteiger partial charge is 0.251 e. The van der Waals surface area contributed by atoms with E-state index in [1.807, 2.05) is 6.92 Å². The second-order valence-corrected chi connectivity index (χ2v) is 5.17. The average Bonchev–Trinajstić information content (AvgIpc) is 2.29. The van der Waals surface area contributed by atoms with Crippen LogP contribution in [-0.2, 0) is 0 Å². The summed E-state index contributed by atoms with van der Waals surface area (Å²) in [5.74, 6) is 0.657. The van der Waals surface area contributed by atoms with Gasteiger partial charge in [0.05, 0.1) is 5.02 Å². The first-order chi connectivity index (χ1) is 7.54. The number of benzene rings is 1. The summed E-state index contributed by atoms with van der Waals surface area (Å²) in [7, 11) is 0. The third kappa shape index (κ3) is 3.96. The van der Waals surface area contributed by atoms with E-state index in [4.69, 9.17) is 23.2 Å². The summed E-state index contributed by atoms with van der Waals surface area (Å²) < 4.78 is 0.778. The first-order valence-electron chi connectivity index (χ1n) is 4.83. The van der Waals surface area contributed by atoms with Crippen LogP contribution in [-0.4, -0.2) is 18.3 Å². The lowest BCUT2D eigenvalue weighted by atomic mass is 10.2. The zero-order valence-corrected chi connectivity index (χ0v) is 11.9. The fourth-order valence-corrected chi connectivity index (χ4v) is 1.60. The molecule has 88 valence electrons. The number of rotatable bonds is 4. The molecule has 0 radical (unpaired) electrons.